The van der Waals surface area contributed by atoms with Gasteiger partial charge in [0.25, 0.3) is 0 Å². The molecular formula is C13H12Cl2N2O. The summed E-state index contributed by atoms with van der Waals surface area (Å²) < 4.78 is 0. The average molecular weight is 283 g/mol. The number of halogens is 2. The molecule has 2 aromatic rings. The van der Waals surface area contributed by atoms with E-state index < -0.39 is 12.1 Å². The van der Waals surface area contributed by atoms with Gasteiger partial charge in [-0.05, 0) is 23.8 Å². The van der Waals surface area contributed by atoms with Gasteiger partial charge in [-0.25, -0.2) is 0 Å². The summed E-state index contributed by atoms with van der Waals surface area (Å²) in [5.41, 5.74) is 7.39. The van der Waals surface area contributed by atoms with Gasteiger partial charge >= 0.3 is 0 Å². The molecule has 0 unspecified atom stereocenters. The zero-order valence-electron chi connectivity index (χ0n) is 9.42. The second-order valence-corrected chi connectivity index (χ2v) is 4.83. The van der Waals surface area contributed by atoms with E-state index in [1.165, 1.54) is 6.20 Å². The third kappa shape index (κ3) is 3.00. The number of benzene rings is 1. The Balaban J connectivity index is 2.23. The highest BCUT2D eigenvalue weighted by Crippen LogP contribution is 2.28. The number of nitrogens with two attached hydrogens (primary N) is 1. The SMILES string of the molecule is N[C@H](c1ccc(Cl)cc1)[C@H](O)c1cncc(Cl)c1. The fourth-order valence-corrected chi connectivity index (χ4v) is 1.97. The first-order valence-electron chi connectivity index (χ1n) is 5.37. The largest absolute Gasteiger partial charge is 0.386 e. The zero-order valence-corrected chi connectivity index (χ0v) is 10.9. The van der Waals surface area contributed by atoms with Gasteiger partial charge in [-0.2, -0.15) is 0 Å². The molecule has 1 aromatic carbocycles. The van der Waals surface area contributed by atoms with Crippen LogP contribution in [0.2, 0.25) is 10.0 Å². The van der Waals surface area contributed by atoms with Crippen LogP contribution in [0.3, 0.4) is 0 Å². The molecule has 0 aliphatic rings. The third-order valence-corrected chi connectivity index (χ3v) is 3.12. The highest BCUT2D eigenvalue weighted by atomic mass is 35.5. The van der Waals surface area contributed by atoms with Crippen LogP contribution >= 0.6 is 23.2 Å². The van der Waals surface area contributed by atoms with Gasteiger partial charge in [0.15, 0.2) is 0 Å². The van der Waals surface area contributed by atoms with E-state index in [1.807, 2.05) is 0 Å². The van der Waals surface area contributed by atoms with Crippen molar-refractivity contribution < 1.29 is 5.11 Å². The van der Waals surface area contributed by atoms with E-state index in [-0.39, 0.29) is 0 Å². The van der Waals surface area contributed by atoms with E-state index in [4.69, 9.17) is 28.9 Å². The number of aromatic nitrogens is 1. The Labute approximate surface area is 115 Å². The van der Waals surface area contributed by atoms with Crippen molar-refractivity contribution >= 4 is 23.2 Å². The lowest BCUT2D eigenvalue weighted by Gasteiger charge is -2.19. The summed E-state index contributed by atoms with van der Waals surface area (Å²) in [4.78, 5) is 3.93. The van der Waals surface area contributed by atoms with Gasteiger partial charge in [-0.15, -0.1) is 0 Å². The summed E-state index contributed by atoms with van der Waals surface area (Å²) >= 11 is 11.6. The van der Waals surface area contributed by atoms with Crippen molar-refractivity contribution in [2.24, 2.45) is 5.73 Å². The summed E-state index contributed by atoms with van der Waals surface area (Å²) in [5, 5.41) is 11.3. The molecule has 0 spiro atoms. The van der Waals surface area contributed by atoms with Gasteiger partial charge in [0, 0.05) is 23.0 Å². The lowest BCUT2D eigenvalue weighted by atomic mass is 9.98. The third-order valence-electron chi connectivity index (χ3n) is 2.66. The zero-order chi connectivity index (χ0) is 13.1. The van der Waals surface area contributed by atoms with Crippen molar-refractivity contribution in [3.8, 4) is 0 Å². The first-order chi connectivity index (χ1) is 8.58. The highest BCUT2D eigenvalue weighted by Gasteiger charge is 2.19. The lowest BCUT2D eigenvalue weighted by molar-refractivity contribution is 0.146. The Morgan fingerprint density at radius 2 is 1.67 bits per heavy atom. The Kier molecular flexibility index (Phi) is 4.19. The number of hydrogen-bond donors (Lipinski definition) is 2. The Hall–Kier alpha value is -1.13. The van der Waals surface area contributed by atoms with Crippen LogP contribution in [0.4, 0.5) is 0 Å². The molecule has 0 bridgehead atoms. The molecule has 0 aliphatic heterocycles. The van der Waals surface area contributed by atoms with Crippen LogP contribution in [-0.2, 0) is 0 Å². The van der Waals surface area contributed by atoms with Crippen LogP contribution in [0, 0.1) is 0 Å². The maximum absolute atomic E-state index is 10.2. The van der Waals surface area contributed by atoms with Gasteiger partial charge < -0.3 is 10.8 Å². The fraction of sp³-hybridized carbons (Fsp3) is 0.154. The van der Waals surface area contributed by atoms with Gasteiger partial charge in [0.2, 0.25) is 0 Å². The number of hydrogen-bond acceptors (Lipinski definition) is 3. The number of aliphatic hydroxyl groups excluding tert-OH is 1. The predicted molar refractivity (Wildman–Crippen MR) is 72.6 cm³/mol. The van der Waals surface area contributed by atoms with Crippen molar-refractivity contribution in [3.63, 3.8) is 0 Å². The van der Waals surface area contributed by atoms with Crippen molar-refractivity contribution in [2.75, 3.05) is 0 Å². The molecule has 0 saturated carbocycles. The predicted octanol–water partition coefficient (Wildman–Crippen LogP) is 3.12. The van der Waals surface area contributed by atoms with Crippen LogP contribution in [0.1, 0.15) is 23.3 Å². The number of nitrogens with zero attached hydrogens (tertiary/aromatic N) is 1. The van der Waals surface area contributed by atoms with Crippen LogP contribution in [0.15, 0.2) is 42.7 Å². The highest BCUT2D eigenvalue weighted by molar-refractivity contribution is 6.30. The van der Waals surface area contributed by atoms with E-state index in [0.717, 1.165) is 5.56 Å². The Morgan fingerprint density at radius 1 is 1.00 bits per heavy atom. The molecule has 5 heteroatoms. The molecule has 0 aliphatic carbocycles. The second-order valence-electron chi connectivity index (χ2n) is 3.96. The van der Waals surface area contributed by atoms with Crippen LogP contribution in [0.5, 0.6) is 0 Å². The molecule has 0 saturated heterocycles. The Morgan fingerprint density at radius 3 is 2.28 bits per heavy atom. The summed E-state index contributed by atoms with van der Waals surface area (Å²) in [6, 6.07) is 8.14. The van der Waals surface area contributed by atoms with E-state index in [0.29, 0.717) is 15.6 Å². The first-order valence-corrected chi connectivity index (χ1v) is 6.13. The van der Waals surface area contributed by atoms with Gasteiger partial charge in [-0.3, -0.25) is 4.98 Å². The molecule has 0 amide bonds. The minimum Gasteiger partial charge on any atom is -0.386 e. The summed E-state index contributed by atoms with van der Waals surface area (Å²) in [5.74, 6) is 0. The molecule has 2 atom stereocenters. The van der Waals surface area contributed by atoms with Gasteiger partial charge in [0.05, 0.1) is 17.2 Å². The molecule has 1 heterocycles. The maximum atomic E-state index is 10.2. The standard InChI is InChI=1S/C13H12Cl2N2O/c14-10-3-1-8(2-4-10)12(16)13(18)9-5-11(15)7-17-6-9/h1-7,12-13,18H,16H2/t12-,13-/m1/s1. The monoisotopic (exact) mass is 282 g/mol. The number of rotatable bonds is 3. The molecule has 94 valence electrons. The average Bonchev–Trinajstić information content (AvgIpc) is 2.38. The van der Waals surface area contributed by atoms with Crippen LogP contribution in [0.25, 0.3) is 0 Å². The molecule has 1 aromatic heterocycles. The molecular weight excluding hydrogens is 271 g/mol. The summed E-state index contributed by atoms with van der Waals surface area (Å²) in [7, 11) is 0. The van der Waals surface area contributed by atoms with Gasteiger partial charge in [-0.1, -0.05) is 35.3 Å². The topological polar surface area (TPSA) is 59.1 Å². The lowest BCUT2D eigenvalue weighted by Crippen LogP contribution is -2.19. The normalized spacial score (nSPS) is 14.2. The summed E-state index contributed by atoms with van der Waals surface area (Å²) in [6.07, 6.45) is 2.19. The smallest absolute Gasteiger partial charge is 0.0997 e. The van der Waals surface area contributed by atoms with Gasteiger partial charge in [0.1, 0.15) is 0 Å². The minimum absolute atomic E-state index is 0.467. The second kappa shape index (κ2) is 5.67. The Bertz CT molecular complexity index is 531. The van der Waals surface area contributed by atoms with Crippen molar-refractivity contribution in [2.45, 2.75) is 12.1 Å². The minimum atomic E-state index is -0.864. The molecule has 18 heavy (non-hydrogen) atoms. The summed E-state index contributed by atoms with van der Waals surface area (Å²) in [6.45, 7) is 0. The number of pyridine rings is 1. The quantitative estimate of drug-likeness (QED) is 0.909. The molecule has 3 nitrogen and oxygen atoms in total. The maximum Gasteiger partial charge on any atom is 0.0997 e. The molecule has 0 radical (unpaired) electrons. The van der Waals surface area contributed by atoms with Crippen molar-refractivity contribution in [1.29, 1.82) is 0 Å². The van der Waals surface area contributed by atoms with Crippen LogP contribution < -0.4 is 5.73 Å². The van der Waals surface area contributed by atoms with Crippen molar-refractivity contribution in [3.05, 3.63) is 63.9 Å². The van der Waals surface area contributed by atoms with Crippen LogP contribution in [-0.4, -0.2) is 10.1 Å². The first kappa shape index (κ1) is 13.3. The van der Waals surface area contributed by atoms with E-state index in [9.17, 15) is 5.11 Å². The molecule has 0 fully saturated rings. The van der Waals surface area contributed by atoms with E-state index >= 15 is 0 Å². The number of aliphatic hydroxyl groups is 1. The molecule has 3 N–H and O–H groups in total. The van der Waals surface area contributed by atoms with E-state index in [1.54, 1.807) is 36.5 Å². The van der Waals surface area contributed by atoms with Crippen molar-refractivity contribution in [1.82, 2.24) is 4.98 Å². The molecule has 2 rings (SSSR count). The van der Waals surface area contributed by atoms with E-state index in [2.05, 4.69) is 4.98 Å². The fourth-order valence-electron chi connectivity index (χ4n) is 1.66.